The molecule has 0 saturated heterocycles. The molecule has 0 bridgehead atoms. The van der Waals surface area contributed by atoms with E-state index < -0.39 is 0 Å². The lowest BCUT2D eigenvalue weighted by molar-refractivity contribution is -0.121. The Hall–Kier alpha value is -2.08. The molecule has 1 aromatic carbocycles. The van der Waals surface area contributed by atoms with Crippen molar-refractivity contribution in [3.8, 4) is 5.75 Å². The maximum absolute atomic E-state index is 11.9. The number of halogens is 1. The number of ether oxygens (including phenoxy) is 1. The predicted octanol–water partition coefficient (Wildman–Crippen LogP) is 4.17. The number of hydrogen-bond acceptors (Lipinski definition) is 4. The van der Waals surface area contributed by atoms with Crippen molar-refractivity contribution in [2.45, 2.75) is 33.2 Å². The molecule has 0 aliphatic carbocycles. The zero-order valence-electron chi connectivity index (χ0n) is 15.4. The van der Waals surface area contributed by atoms with Crippen LogP contribution in [0, 0.1) is 0 Å². The lowest BCUT2D eigenvalue weighted by Crippen LogP contribution is -2.24. The van der Waals surface area contributed by atoms with Gasteiger partial charge in [0.15, 0.2) is 0 Å². The minimum atomic E-state index is 0.0238. The van der Waals surface area contributed by atoms with Crippen LogP contribution in [0.1, 0.15) is 32.3 Å². The maximum atomic E-state index is 11.9. The van der Waals surface area contributed by atoms with Crippen molar-refractivity contribution in [1.29, 1.82) is 0 Å². The van der Waals surface area contributed by atoms with Crippen molar-refractivity contribution < 1.29 is 9.53 Å². The van der Waals surface area contributed by atoms with Gasteiger partial charge in [0.25, 0.3) is 0 Å². The van der Waals surface area contributed by atoms with Crippen LogP contribution >= 0.6 is 15.9 Å². The van der Waals surface area contributed by atoms with E-state index in [9.17, 15) is 4.79 Å². The molecule has 1 amide bonds. The van der Waals surface area contributed by atoms with E-state index in [-0.39, 0.29) is 5.91 Å². The topological polar surface area (TPSA) is 54.5 Å². The molecule has 2 aromatic rings. The van der Waals surface area contributed by atoms with E-state index >= 15 is 0 Å². The molecule has 0 unspecified atom stereocenters. The van der Waals surface area contributed by atoms with Crippen molar-refractivity contribution in [2.75, 3.05) is 24.6 Å². The molecule has 0 aliphatic rings. The number of amides is 1. The summed E-state index contributed by atoms with van der Waals surface area (Å²) >= 11 is 3.41. The minimum absolute atomic E-state index is 0.0238. The number of hydrogen-bond donors (Lipinski definition) is 1. The average molecular weight is 420 g/mol. The van der Waals surface area contributed by atoms with Gasteiger partial charge in [-0.25, -0.2) is 4.98 Å². The molecule has 26 heavy (non-hydrogen) atoms. The Labute approximate surface area is 163 Å². The molecule has 140 valence electrons. The largest absolute Gasteiger partial charge is 0.494 e. The van der Waals surface area contributed by atoms with Gasteiger partial charge in [-0.1, -0.05) is 28.1 Å². The Kier molecular flexibility index (Phi) is 8.41. The molecular weight excluding hydrogens is 394 g/mol. The number of pyridine rings is 1. The normalized spacial score (nSPS) is 10.4. The highest BCUT2D eigenvalue weighted by Gasteiger charge is 2.05. The quantitative estimate of drug-likeness (QED) is 0.587. The predicted molar refractivity (Wildman–Crippen MR) is 109 cm³/mol. The smallest absolute Gasteiger partial charge is 0.220 e. The van der Waals surface area contributed by atoms with E-state index in [0.717, 1.165) is 34.7 Å². The number of rotatable bonds is 10. The molecule has 2 rings (SSSR count). The maximum Gasteiger partial charge on any atom is 0.220 e. The number of aromatic nitrogens is 1. The first-order valence-corrected chi connectivity index (χ1v) is 9.76. The van der Waals surface area contributed by atoms with Gasteiger partial charge in [-0.05, 0) is 50.1 Å². The minimum Gasteiger partial charge on any atom is -0.494 e. The molecule has 1 aromatic heterocycles. The molecule has 0 aliphatic heterocycles. The van der Waals surface area contributed by atoms with Crippen molar-refractivity contribution in [3.63, 3.8) is 0 Å². The lowest BCUT2D eigenvalue weighted by atomic mass is 10.2. The summed E-state index contributed by atoms with van der Waals surface area (Å²) in [6.07, 6.45) is 2.95. The van der Waals surface area contributed by atoms with E-state index in [1.165, 1.54) is 0 Å². The third-order valence-electron chi connectivity index (χ3n) is 4.00. The van der Waals surface area contributed by atoms with Crippen LogP contribution in [0.5, 0.6) is 5.75 Å². The number of carbonyl (C=O) groups excluding carboxylic acids is 1. The highest BCUT2D eigenvalue weighted by molar-refractivity contribution is 9.10. The summed E-state index contributed by atoms with van der Waals surface area (Å²) in [5.74, 6) is 1.80. The Morgan fingerprint density at radius 2 is 2.04 bits per heavy atom. The average Bonchev–Trinajstić information content (AvgIpc) is 2.65. The van der Waals surface area contributed by atoms with E-state index in [0.29, 0.717) is 26.0 Å². The molecule has 1 N–H and O–H groups in total. The van der Waals surface area contributed by atoms with Crippen molar-refractivity contribution in [2.24, 2.45) is 0 Å². The Bertz CT molecular complexity index is 688. The van der Waals surface area contributed by atoms with Crippen LogP contribution in [-0.2, 0) is 11.3 Å². The first kappa shape index (κ1) is 20.2. The van der Waals surface area contributed by atoms with Crippen LogP contribution in [0.3, 0.4) is 0 Å². The lowest BCUT2D eigenvalue weighted by Gasteiger charge is -2.19. The second-order valence-electron chi connectivity index (χ2n) is 5.88. The molecule has 1 heterocycles. The van der Waals surface area contributed by atoms with E-state index in [2.05, 4.69) is 45.0 Å². The van der Waals surface area contributed by atoms with Gasteiger partial charge in [0.2, 0.25) is 5.91 Å². The van der Waals surface area contributed by atoms with Crippen LogP contribution in [0.15, 0.2) is 47.1 Å². The van der Waals surface area contributed by atoms with Crippen LogP contribution in [0.4, 0.5) is 5.82 Å². The van der Waals surface area contributed by atoms with Gasteiger partial charge in [-0.2, -0.15) is 0 Å². The summed E-state index contributed by atoms with van der Waals surface area (Å²) in [5.41, 5.74) is 1.000. The fraction of sp³-hybridized carbons (Fsp3) is 0.400. The van der Waals surface area contributed by atoms with Crippen molar-refractivity contribution in [3.05, 3.63) is 52.6 Å². The summed E-state index contributed by atoms with van der Waals surface area (Å²) in [5, 5.41) is 2.93. The number of carbonyl (C=O) groups is 1. The van der Waals surface area contributed by atoms with Gasteiger partial charge in [-0.15, -0.1) is 0 Å². The van der Waals surface area contributed by atoms with Crippen LogP contribution < -0.4 is 15.0 Å². The molecular formula is C20H26BrN3O2. The second-order valence-corrected chi connectivity index (χ2v) is 6.80. The van der Waals surface area contributed by atoms with Crippen molar-refractivity contribution in [1.82, 2.24) is 10.3 Å². The van der Waals surface area contributed by atoms with E-state index in [1.807, 2.05) is 42.6 Å². The zero-order chi connectivity index (χ0) is 18.8. The third-order valence-corrected chi connectivity index (χ3v) is 4.49. The van der Waals surface area contributed by atoms with Gasteiger partial charge >= 0.3 is 0 Å². The molecule has 0 atom stereocenters. The zero-order valence-corrected chi connectivity index (χ0v) is 17.0. The molecule has 0 spiro atoms. The molecule has 0 fully saturated rings. The van der Waals surface area contributed by atoms with Gasteiger partial charge in [-0.3, -0.25) is 4.79 Å². The van der Waals surface area contributed by atoms with Crippen LogP contribution in [0.2, 0.25) is 0 Å². The standard InChI is InChI=1S/C20H26BrN3O2/c1-3-24(4-2)19-11-10-16(14-22-19)15-23-20(25)9-6-12-26-18-8-5-7-17(21)13-18/h5,7-8,10-11,13-14H,3-4,6,9,12,15H2,1-2H3,(H,23,25). The molecule has 6 heteroatoms. The SMILES string of the molecule is CCN(CC)c1ccc(CNC(=O)CCCOc2cccc(Br)c2)cn1. The molecule has 0 saturated carbocycles. The fourth-order valence-corrected chi connectivity index (χ4v) is 2.90. The van der Waals surface area contributed by atoms with Crippen LogP contribution in [-0.4, -0.2) is 30.6 Å². The van der Waals surface area contributed by atoms with Gasteiger partial charge < -0.3 is 15.0 Å². The van der Waals surface area contributed by atoms with Crippen molar-refractivity contribution >= 4 is 27.7 Å². The Morgan fingerprint density at radius 3 is 2.69 bits per heavy atom. The van der Waals surface area contributed by atoms with Gasteiger partial charge in [0.05, 0.1) is 6.61 Å². The summed E-state index contributed by atoms with van der Waals surface area (Å²) in [6, 6.07) is 11.7. The van der Waals surface area contributed by atoms with E-state index in [1.54, 1.807) is 0 Å². The highest BCUT2D eigenvalue weighted by atomic mass is 79.9. The summed E-state index contributed by atoms with van der Waals surface area (Å²) in [4.78, 5) is 18.6. The molecule has 5 nitrogen and oxygen atoms in total. The van der Waals surface area contributed by atoms with Gasteiger partial charge in [0, 0.05) is 36.7 Å². The number of nitrogens with one attached hydrogen (secondary N) is 1. The third kappa shape index (κ3) is 6.67. The van der Waals surface area contributed by atoms with E-state index in [4.69, 9.17) is 4.74 Å². The Balaban J connectivity index is 1.67. The second kappa shape index (κ2) is 10.8. The Morgan fingerprint density at radius 1 is 1.23 bits per heavy atom. The summed E-state index contributed by atoms with van der Waals surface area (Å²) < 4.78 is 6.61. The highest BCUT2D eigenvalue weighted by Crippen LogP contribution is 2.18. The fourth-order valence-electron chi connectivity index (χ4n) is 2.52. The molecule has 0 radical (unpaired) electrons. The number of benzene rings is 1. The summed E-state index contributed by atoms with van der Waals surface area (Å²) in [6.45, 7) is 7.10. The first-order chi connectivity index (χ1) is 12.6. The van der Waals surface area contributed by atoms with Gasteiger partial charge in [0.1, 0.15) is 11.6 Å². The van der Waals surface area contributed by atoms with Crippen LogP contribution in [0.25, 0.3) is 0 Å². The summed E-state index contributed by atoms with van der Waals surface area (Å²) in [7, 11) is 0. The first-order valence-electron chi connectivity index (χ1n) is 8.97. The monoisotopic (exact) mass is 419 g/mol. The number of anilines is 1. The number of nitrogens with zero attached hydrogens (tertiary/aromatic N) is 2.